The molecule has 0 bridgehead atoms. The highest BCUT2D eigenvalue weighted by Crippen LogP contribution is 2.25. The molecule has 0 aliphatic heterocycles. The number of aromatic nitrogens is 2. The lowest BCUT2D eigenvalue weighted by Gasteiger charge is -2.09. The fourth-order valence-corrected chi connectivity index (χ4v) is 1.54. The average molecular weight is 200 g/mol. The van der Waals surface area contributed by atoms with Crippen LogP contribution in [0.3, 0.4) is 0 Å². The van der Waals surface area contributed by atoms with E-state index in [2.05, 4.69) is 4.98 Å². The van der Waals surface area contributed by atoms with E-state index in [1.807, 2.05) is 35.9 Å². The first-order chi connectivity index (χ1) is 7.33. The number of imidazole rings is 1. The van der Waals surface area contributed by atoms with Crippen molar-refractivity contribution in [1.29, 1.82) is 0 Å². The highest BCUT2D eigenvalue weighted by atomic mass is 16.3. The van der Waals surface area contributed by atoms with Gasteiger partial charge in [-0.2, -0.15) is 0 Å². The third kappa shape index (κ3) is 1.76. The Hall–Kier alpha value is -2.03. The number of benzene rings is 1. The van der Waals surface area contributed by atoms with E-state index in [9.17, 15) is 5.11 Å². The monoisotopic (exact) mass is 200 g/mol. The lowest BCUT2D eigenvalue weighted by atomic mass is 10.1. The molecule has 15 heavy (non-hydrogen) atoms. The summed E-state index contributed by atoms with van der Waals surface area (Å²) in [7, 11) is 0. The predicted molar refractivity (Wildman–Crippen MR) is 59.4 cm³/mol. The van der Waals surface area contributed by atoms with Crippen LogP contribution in [0.2, 0.25) is 0 Å². The first-order valence-electron chi connectivity index (χ1n) is 4.76. The van der Waals surface area contributed by atoms with Gasteiger partial charge in [-0.25, -0.2) is 4.98 Å². The molecule has 0 radical (unpaired) electrons. The van der Waals surface area contributed by atoms with E-state index in [0.29, 0.717) is 0 Å². The van der Waals surface area contributed by atoms with Gasteiger partial charge in [0.2, 0.25) is 0 Å². The quantitative estimate of drug-likeness (QED) is 0.808. The average Bonchev–Trinajstić information content (AvgIpc) is 2.75. The Morgan fingerprint density at radius 2 is 2.20 bits per heavy atom. The van der Waals surface area contributed by atoms with Gasteiger partial charge in [-0.15, -0.1) is 0 Å². The zero-order valence-electron chi connectivity index (χ0n) is 8.46. The van der Waals surface area contributed by atoms with E-state index >= 15 is 0 Å². The Bertz CT molecular complexity index is 472. The summed E-state index contributed by atoms with van der Waals surface area (Å²) < 4.78 is 1.87. The minimum Gasteiger partial charge on any atom is -0.507 e. The number of phenols is 1. The van der Waals surface area contributed by atoms with E-state index in [0.717, 1.165) is 11.3 Å². The Morgan fingerprint density at radius 1 is 1.40 bits per heavy atom. The topological polar surface area (TPSA) is 38.0 Å². The van der Waals surface area contributed by atoms with E-state index in [-0.39, 0.29) is 5.75 Å². The van der Waals surface area contributed by atoms with Crippen molar-refractivity contribution in [3.05, 3.63) is 54.6 Å². The minimum absolute atomic E-state index is 0.277. The van der Waals surface area contributed by atoms with Gasteiger partial charge >= 0.3 is 0 Å². The van der Waals surface area contributed by atoms with Crippen LogP contribution in [0, 0.1) is 0 Å². The Morgan fingerprint density at radius 3 is 2.80 bits per heavy atom. The summed E-state index contributed by atoms with van der Waals surface area (Å²) in [6, 6.07) is 7.26. The third-order valence-corrected chi connectivity index (χ3v) is 2.24. The van der Waals surface area contributed by atoms with Crippen LogP contribution >= 0.6 is 0 Å². The molecule has 76 valence electrons. The van der Waals surface area contributed by atoms with Gasteiger partial charge in [0.25, 0.3) is 0 Å². The molecule has 0 fully saturated rings. The number of rotatable bonds is 2. The predicted octanol–water partition coefficient (Wildman–Crippen LogP) is 2.50. The molecule has 0 amide bonds. The van der Waals surface area contributed by atoms with Gasteiger partial charge < -0.3 is 9.67 Å². The van der Waals surface area contributed by atoms with Gasteiger partial charge in [0.15, 0.2) is 0 Å². The lowest BCUT2D eigenvalue weighted by molar-refractivity contribution is 0.473. The normalized spacial score (nSPS) is 11.7. The van der Waals surface area contributed by atoms with Gasteiger partial charge in [-0.3, -0.25) is 0 Å². The van der Waals surface area contributed by atoms with Crippen LogP contribution in [0.5, 0.6) is 5.75 Å². The van der Waals surface area contributed by atoms with Crippen LogP contribution in [-0.4, -0.2) is 14.7 Å². The van der Waals surface area contributed by atoms with E-state index < -0.39 is 0 Å². The number of phenolic OH excluding ortho intramolecular Hbond substituents is 1. The van der Waals surface area contributed by atoms with Gasteiger partial charge in [-0.1, -0.05) is 18.2 Å². The molecule has 0 spiro atoms. The molecular formula is C12H12N2O. The molecule has 2 rings (SSSR count). The standard InChI is InChI=1S/C12H12N2O/c1-2-11(14-8-7-13-9-14)10-5-3-4-6-12(10)15/h2-9,15H,1H3/b11-2-. The van der Waals surface area contributed by atoms with Crippen LogP contribution in [-0.2, 0) is 0 Å². The maximum absolute atomic E-state index is 9.74. The van der Waals surface area contributed by atoms with Gasteiger partial charge in [0.05, 0.1) is 12.0 Å². The molecule has 0 aliphatic carbocycles. The van der Waals surface area contributed by atoms with E-state index in [4.69, 9.17) is 0 Å². The fraction of sp³-hybridized carbons (Fsp3) is 0.0833. The molecule has 0 unspecified atom stereocenters. The molecule has 2 aromatic rings. The Balaban J connectivity index is 2.50. The Kier molecular flexibility index (Phi) is 2.54. The molecular weight excluding hydrogens is 188 g/mol. The zero-order valence-corrected chi connectivity index (χ0v) is 8.46. The Labute approximate surface area is 88.3 Å². The van der Waals surface area contributed by atoms with Crippen molar-refractivity contribution in [2.45, 2.75) is 6.92 Å². The number of hydrogen-bond acceptors (Lipinski definition) is 2. The SMILES string of the molecule is C/C=C(/c1ccccc1O)n1ccnc1. The molecule has 1 N–H and O–H groups in total. The van der Waals surface area contributed by atoms with Crippen LogP contribution in [0.25, 0.3) is 5.70 Å². The number of hydrogen-bond donors (Lipinski definition) is 1. The fourth-order valence-electron chi connectivity index (χ4n) is 1.54. The second-order valence-corrected chi connectivity index (χ2v) is 3.16. The number of nitrogens with zero attached hydrogens (tertiary/aromatic N) is 2. The summed E-state index contributed by atoms with van der Waals surface area (Å²) in [6.45, 7) is 1.93. The van der Waals surface area contributed by atoms with Crippen molar-refractivity contribution in [3.8, 4) is 5.75 Å². The first kappa shape index (κ1) is 9.52. The largest absolute Gasteiger partial charge is 0.507 e. The van der Waals surface area contributed by atoms with Gasteiger partial charge in [0.1, 0.15) is 5.75 Å². The molecule has 1 heterocycles. The number of allylic oxidation sites excluding steroid dienone is 1. The summed E-state index contributed by atoms with van der Waals surface area (Å²) in [5, 5.41) is 9.74. The summed E-state index contributed by atoms with van der Waals surface area (Å²) in [5.74, 6) is 0.277. The van der Waals surface area contributed by atoms with Crippen LogP contribution in [0.4, 0.5) is 0 Å². The molecule has 3 heteroatoms. The van der Waals surface area contributed by atoms with Crippen LogP contribution in [0.1, 0.15) is 12.5 Å². The molecule has 3 nitrogen and oxygen atoms in total. The molecule has 0 saturated carbocycles. The van der Waals surface area contributed by atoms with Crippen molar-refractivity contribution in [2.75, 3.05) is 0 Å². The lowest BCUT2D eigenvalue weighted by Crippen LogP contribution is -1.95. The van der Waals surface area contributed by atoms with E-state index in [1.54, 1.807) is 24.7 Å². The molecule has 0 saturated heterocycles. The van der Waals surface area contributed by atoms with Gasteiger partial charge in [0, 0.05) is 18.0 Å². The third-order valence-electron chi connectivity index (χ3n) is 2.24. The van der Waals surface area contributed by atoms with E-state index in [1.165, 1.54) is 0 Å². The van der Waals surface area contributed by atoms with Crippen LogP contribution in [0.15, 0.2) is 49.1 Å². The van der Waals surface area contributed by atoms with Crippen molar-refractivity contribution in [1.82, 2.24) is 9.55 Å². The smallest absolute Gasteiger partial charge is 0.124 e. The summed E-state index contributed by atoms with van der Waals surface area (Å²) in [6.07, 6.45) is 7.21. The highest BCUT2D eigenvalue weighted by molar-refractivity contribution is 5.69. The van der Waals surface area contributed by atoms with Gasteiger partial charge in [-0.05, 0) is 19.1 Å². The molecule has 1 aromatic carbocycles. The molecule has 1 aromatic heterocycles. The second kappa shape index (κ2) is 4.00. The molecule has 0 aliphatic rings. The highest BCUT2D eigenvalue weighted by Gasteiger charge is 2.06. The minimum atomic E-state index is 0.277. The second-order valence-electron chi connectivity index (χ2n) is 3.16. The van der Waals surface area contributed by atoms with Crippen molar-refractivity contribution < 1.29 is 5.11 Å². The maximum Gasteiger partial charge on any atom is 0.124 e. The molecule has 0 atom stereocenters. The van der Waals surface area contributed by atoms with Crippen LogP contribution < -0.4 is 0 Å². The van der Waals surface area contributed by atoms with Crippen molar-refractivity contribution in [2.24, 2.45) is 0 Å². The first-order valence-corrected chi connectivity index (χ1v) is 4.76. The summed E-state index contributed by atoms with van der Waals surface area (Å²) in [5.41, 5.74) is 1.73. The zero-order chi connectivity index (χ0) is 10.7. The van der Waals surface area contributed by atoms with Crippen molar-refractivity contribution in [3.63, 3.8) is 0 Å². The summed E-state index contributed by atoms with van der Waals surface area (Å²) >= 11 is 0. The maximum atomic E-state index is 9.74. The van der Waals surface area contributed by atoms with Crippen molar-refractivity contribution >= 4 is 5.70 Å². The number of para-hydroxylation sites is 1. The summed E-state index contributed by atoms with van der Waals surface area (Å²) in [4.78, 5) is 3.99. The number of aromatic hydroxyl groups is 1.